The average molecular weight is 434 g/mol. The Morgan fingerprint density at radius 3 is 2.25 bits per heavy atom. The third kappa shape index (κ3) is 7.19. The van der Waals surface area contributed by atoms with Crippen LogP contribution >= 0.6 is 0 Å². The largest absolute Gasteiger partial charge is 0.199 e. The summed E-state index contributed by atoms with van der Waals surface area (Å²) in [5.74, 6) is 2.22. The minimum atomic E-state index is -0.723. The lowest BCUT2D eigenvalue weighted by Gasteiger charge is -2.36. The number of rotatable bonds is 9. The van der Waals surface area contributed by atoms with Crippen molar-refractivity contribution in [3.8, 4) is 6.07 Å². The fourth-order valence-corrected chi connectivity index (χ4v) is 5.82. The van der Waals surface area contributed by atoms with Gasteiger partial charge >= 0.3 is 0 Å². The molecule has 172 valence electrons. The van der Waals surface area contributed by atoms with Crippen LogP contribution in [0.25, 0.3) is 0 Å². The minimum Gasteiger partial charge on any atom is -0.195 e. The number of hydrogen-bond acceptors (Lipinski definition) is 1. The van der Waals surface area contributed by atoms with Gasteiger partial charge < -0.3 is 0 Å². The summed E-state index contributed by atoms with van der Waals surface area (Å²) >= 11 is 0. The van der Waals surface area contributed by atoms with Gasteiger partial charge in [0.25, 0.3) is 0 Å². The highest BCUT2D eigenvalue weighted by Crippen LogP contribution is 2.44. The number of aryl methyl sites for hydroxylation is 1. The molecule has 0 unspecified atom stereocenters. The molecule has 1 nitrogen and oxygen atoms in total. The first-order valence-corrected chi connectivity index (χ1v) is 12.8. The first-order valence-electron chi connectivity index (χ1n) is 12.8. The summed E-state index contributed by atoms with van der Waals surface area (Å²) in [7, 11) is 0. The maximum absolute atomic E-state index is 12.8. The van der Waals surface area contributed by atoms with Crippen LogP contribution in [-0.2, 0) is 6.42 Å². The lowest BCUT2D eigenvalue weighted by atomic mass is 9.69. The Morgan fingerprint density at radius 1 is 1.03 bits per heavy atom. The van der Waals surface area contributed by atoms with Gasteiger partial charge in [0, 0.05) is 0 Å². The normalized spacial score (nSPS) is 26.7. The summed E-state index contributed by atoms with van der Waals surface area (Å²) in [6.45, 7) is 6.83. The molecule has 3 rings (SSSR count). The molecule has 2 fully saturated rings. The maximum Gasteiger partial charge on any atom is 0.199 e. The topological polar surface area (TPSA) is 23.8 Å². The average Bonchev–Trinajstić information content (AvgIpc) is 2.84. The summed E-state index contributed by atoms with van der Waals surface area (Å²) in [5.41, 5.74) is 4.54. The van der Waals surface area contributed by atoms with Crippen LogP contribution < -0.4 is 0 Å². The Kier molecular flexibility index (Phi) is 9.79. The molecule has 0 aliphatic heterocycles. The number of allylic oxidation sites excluding steroid dienone is 5. The SMILES string of the molecule is C=C(C1CCC(CCC=CC=C(F)C#N)CC1)C1CCC(c2ccc(CCC)cc2)CC1. The highest BCUT2D eigenvalue weighted by atomic mass is 19.1. The van der Waals surface area contributed by atoms with Gasteiger partial charge in [0.2, 0.25) is 0 Å². The molecule has 1 aromatic rings. The molecular formula is C30H40FN. The summed E-state index contributed by atoms with van der Waals surface area (Å²) in [4.78, 5) is 0. The van der Waals surface area contributed by atoms with Crippen LogP contribution in [0.4, 0.5) is 4.39 Å². The van der Waals surface area contributed by atoms with E-state index in [0.29, 0.717) is 5.92 Å². The quantitative estimate of drug-likeness (QED) is 0.216. The predicted octanol–water partition coefficient (Wildman–Crippen LogP) is 8.99. The fourth-order valence-electron chi connectivity index (χ4n) is 5.82. The first-order chi connectivity index (χ1) is 15.6. The van der Waals surface area contributed by atoms with E-state index in [1.807, 2.05) is 6.08 Å². The number of benzene rings is 1. The third-order valence-electron chi connectivity index (χ3n) is 7.84. The molecule has 0 saturated heterocycles. The summed E-state index contributed by atoms with van der Waals surface area (Å²) in [6, 6.07) is 10.9. The van der Waals surface area contributed by atoms with Crippen molar-refractivity contribution in [1.29, 1.82) is 5.26 Å². The lowest BCUT2D eigenvalue weighted by Crippen LogP contribution is -2.22. The highest BCUT2D eigenvalue weighted by Gasteiger charge is 2.29. The molecule has 0 N–H and O–H groups in total. The lowest BCUT2D eigenvalue weighted by molar-refractivity contribution is 0.260. The van der Waals surface area contributed by atoms with Crippen LogP contribution in [0.15, 0.2) is 60.5 Å². The molecule has 2 aliphatic rings. The number of halogens is 1. The fraction of sp³-hybridized carbons (Fsp3) is 0.567. The van der Waals surface area contributed by atoms with Crippen LogP contribution in [0.5, 0.6) is 0 Å². The van der Waals surface area contributed by atoms with Gasteiger partial charge in [-0.05, 0) is 112 Å². The molecule has 0 atom stereocenters. The van der Waals surface area contributed by atoms with Gasteiger partial charge in [-0.1, -0.05) is 61.9 Å². The van der Waals surface area contributed by atoms with E-state index in [1.165, 1.54) is 99.5 Å². The maximum atomic E-state index is 12.8. The van der Waals surface area contributed by atoms with Gasteiger partial charge in [-0.25, -0.2) is 0 Å². The summed E-state index contributed by atoms with van der Waals surface area (Å²) in [6.07, 6.45) is 19.8. The van der Waals surface area contributed by atoms with E-state index in [4.69, 9.17) is 5.26 Å². The van der Waals surface area contributed by atoms with Crippen molar-refractivity contribution in [3.63, 3.8) is 0 Å². The van der Waals surface area contributed by atoms with E-state index in [1.54, 1.807) is 6.08 Å². The van der Waals surface area contributed by atoms with Gasteiger partial charge in [0.15, 0.2) is 5.83 Å². The van der Waals surface area contributed by atoms with Crippen LogP contribution in [0, 0.1) is 29.1 Å². The molecule has 0 heterocycles. The van der Waals surface area contributed by atoms with E-state index in [2.05, 4.69) is 37.8 Å². The number of hydrogen-bond donors (Lipinski definition) is 0. The summed E-state index contributed by atoms with van der Waals surface area (Å²) < 4.78 is 12.8. The van der Waals surface area contributed by atoms with Crippen molar-refractivity contribution in [2.24, 2.45) is 17.8 Å². The molecule has 0 bridgehead atoms. The second-order valence-corrected chi connectivity index (χ2v) is 9.96. The molecule has 1 aromatic carbocycles. The molecule has 2 saturated carbocycles. The third-order valence-corrected chi connectivity index (χ3v) is 7.84. The van der Waals surface area contributed by atoms with E-state index in [0.717, 1.165) is 24.2 Å². The van der Waals surface area contributed by atoms with Gasteiger partial charge in [-0.3, -0.25) is 0 Å². The van der Waals surface area contributed by atoms with Crippen LogP contribution in [0.1, 0.15) is 94.6 Å². The Balaban J connectivity index is 1.37. The molecule has 2 heteroatoms. The molecule has 32 heavy (non-hydrogen) atoms. The van der Waals surface area contributed by atoms with Crippen molar-refractivity contribution < 1.29 is 4.39 Å². The Morgan fingerprint density at radius 2 is 1.66 bits per heavy atom. The predicted molar refractivity (Wildman–Crippen MR) is 133 cm³/mol. The molecule has 2 aliphatic carbocycles. The van der Waals surface area contributed by atoms with Crippen LogP contribution in [-0.4, -0.2) is 0 Å². The molecule has 0 aromatic heterocycles. The molecule has 0 radical (unpaired) electrons. The smallest absolute Gasteiger partial charge is 0.195 e. The Labute approximate surface area is 195 Å². The highest BCUT2D eigenvalue weighted by molar-refractivity contribution is 5.26. The zero-order chi connectivity index (χ0) is 22.8. The monoisotopic (exact) mass is 433 g/mol. The van der Waals surface area contributed by atoms with E-state index >= 15 is 0 Å². The minimum absolute atomic E-state index is 0.712. The van der Waals surface area contributed by atoms with E-state index in [-0.39, 0.29) is 0 Å². The Hall–Kier alpha value is -2.14. The van der Waals surface area contributed by atoms with E-state index < -0.39 is 5.83 Å². The molecule has 0 amide bonds. The zero-order valence-corrected chi connectivity index (χ0v) is 19.9. The van der Waals surface area contributed by atoms with Crippen molar-refractivity contribution in [3.05, 3.63) is 71.6 Å². The van der Waals surface area contributed by atoms with Gasteiger partial charge in [-0.2, -0.15) is 9.65 Å². The second-order valence-electron chi connectivity index (χ2n) is 9.96. The van der Waals surface area contributed by atoms with Crippen LogP contribution in [0.3, 0.4) is 0 Å². The van der Waals surface area contributed by atoms with Gasteiger partial charge in [0.1, 0.15) is 6.07 Å². The van der Waals surface area contributed by atoms with Gasteiger partial charge in [-0.15, -0.1) is 0 Å². The second kappa shape index (κ2) is 12.8. The molecule has 0 spiro atoms. The zero-order valence-electron chi connectivity index (χ0n) is 19.9. The van der Waals surface area contributed by atoms with Crippen molar-refractivity contribution in [1.82, 2.24) is 0 Å². The standard InChI is InChI=1S/C30H40FN/c1-3-7-24-12-16-28(17-13-24)29-20-18-27(19-21-29)23(2)26-14-10-25(11-15-26)8-5-4-6-9-30(31)22-32/h4,6,9,12-13,16-17,25-27,29H,2-3,5,7-8,10-11,14-15,18-21H2,1H3. The Bertz CT molecular complexity index is 809. The van der Waals surface area contributed by atoms with Crippen LogP contribution in [0.2, 0.25) is 0 Å². The summed E-state index contributed by atoms with van der Waals surface area (Å²) in [5, 5.41) is 8.42. The first kappa shape index (κ1) is 24.5. The van der Waals surface area contributed by atoms with Gasteiger partial charge in [0.05, 0.1) is 0 Å². The van der Waals surface area contributed by atoms with Crippen molar-refractivity contribution in [2.45, 2.75) is 89.9 Å². The van der Waals surface area contributed by atoms with E-state index in [9.17, 15) is 4.39 Å². The number of nitriles is 1. The van der Waals surface area contributed by atoms with Crippen molar-refractivity contribution in [2.75, 3.05) is 0 Å². The molecular weight excluding hydrogens is 393 g/mol. The number of nitrogens with zero attached hydrogens (tertiary/aromatic N) is 1. The van der Waals surface area contributed by atoms with Crippen molar-refractivity contribution >= 4 is 0 Å².